The molecule has 0 spiro atoms. The first-order valence-corrected chi connectivity index (χ1v) is 20.9. The fourth-order valence-corrected chi connectivity index (χ4v) is 8.74. The van der Waals surface area contributed by atoms with E-state index in [0.717, 1.165) is 84.9 Å². The van der Waals surface area contributed by atoms with Gasteiger partial charge in [-0.05, 0) is 103 Å². The summed E-state index contributed by atoms with van der Waals surface area (Å²) in [5.41, 5.74) is 14.6. The third-order valence-corrected chi connectivity index (χ3v) is 11.7. The standard InChI is InChI=1S/C57H40N4/c1-2-56-58-52-26-13-14-27-55(52)61(56)47-34-45(51-36-43-20-9-10-23-48(43)49-24-11-12-25-50(49)51)33-46(35-47)57-59-53(41-30-28-40(29-31-41)38-16-5-3-6-17-38)37-54(60-57)44-22-15-21-42(32-44)39-18-7-4-8-19-39/h3-37H,2H2,1H3. The van der Waals surface area contributed by atoms with Gasteiger partial charge in [-0.3, -0.25) is 4.57 Å². The molecule has 0 unspecified atom stereocenters. The van der Waals surface area contributed by atoms with Crippen molar-refractivity contribution in [2.75, 3.05) is 0 Å². The third-order valence-electron chi connectivity index (χ3n) is 11.7. The van der Waals surface area contributed by atoms with Crippen LogP contribution in [0.15, 0.2) is 212 Å². The molecular formula is C57H40N4. The predicted molar refractivity (Wildman–Crippen MR) is 254 cm³/mol. The Kier molecular flexibility index (Phi) is 9.09. The van der Waals surface area contributed by atoms with Gasteiger partial charge in [-0.1, -0.05) is 171 Å². The van der Waals surface area contributed by atoms with Crippen LogP contribution in [0.25, 0.3) is 106 Å². The molecular weight excluding hydrogens is 741 g/mol. The molecule has 0 saturated carbocycles. The Morgan fingerprint density at radius 3 is 1.70 bits per heavy atom. The molecule has 0 aliphatic rings. The minimum absolute atomic E-state index is 0.653. The molecule has 0 radical (unpaired) electrons. The molecule has 11 rings (SSSR count). The number of fused-ring (bicyclic) bond motifs is 4. The van der Waals surface area contributed by atoms with Gasteiger partial charge in [0.15, 0.2) is 5.82 Å². The summed E-state index contributed by atoms with van der Waals surface area (Å²) in [6.45, 7) is 2.17. The monoisotopic (exact) mass is 780 g/mol. The normalized spacial score (nSPS) is 11.4. The second-order valence-electron chi connectivity index (χ2n) is 15.5. The number of hydrogen-bond donors (Lipinski definition) is 0. The number of nitrogens with zero attached hydrogens (tertiary/aromatic N) is 4. The molecule has 0 aliphatic carbocycles. The molecule has 4 nitrogen and oxygen atoms in total. The van der Waals surface area contributed by atoms with E-state index < -0.39 is 0 Å². The highest BCUT2D eigenvalue weighted by Crippen LogP contribution is 2.39. The summed E-state index contributed by atoms with van der Waals surface area (Å²) in [6, 6.07) is 75.5. The van der Waals surface area contributed by atoms with Crippen molar-refractivity contribution in [2.45, 2.75) is 13.3 Å². The van der Waals surface area contributed by atoms with Gasteiger partial charge in [-0.2, -0.15) is 0 Å². The van der Waals surface area contributed by atoms with Crippen LogP contribution in [-0.2, 0) is 6.42 Å². The van der Waals surface area contributed by atoms with Crippen molar-refractivity contribution in [1.82, 2.24) is 19.5 Å². The second-order valence-corrected chi connectivity index (χ2v) is 15.5. The highest BCUT2D eigenvalue weighted by atomic mass is 15.1. The summed E-state index contributed by atoms with van der Waals surface area (Å²) in [7, 11) is 0. The Balaban J connectivity index is 1.16. The number of rotatable bonds is 8. The van der Waals surface area contributed by atoms with E-state index in [2.05, 4.69) is 224 Å². The molecule has 4 heteroatoms. The first kappa shape index (κ1) is 36.2. The number of aromatic nitrogens is 4. The van der Waals surface area contributed by atoms with Gasteiger partial charge in [0, 0.05) is 28.8 Å². The average Bonchev–Trinajstić information content (AvgIpc) is 3.73. The number of hydrogen-bond acceptors (Lipinski definition) is 3. The quantitative estimate of drug-likeness (QED) is 0.144. The van der Waals surface area contributed by atoms with Crippen molar-refractivity contribution in [2.24, 2.45) is 0 Å². The molecule has 0 N–H and O–H groups in total. The van der Waals surface area contributed by atoms with Crippen molar-refractivity contribution in [3.05, 3.63) is 218 Å². The SMILES string of the molecule is CCc1nc2ccccc2n1-c1cc(-c2nc(-c3ccc(-c4ccccc4)cc3)cc(-c3cccc(-c4ccccc4)c3)n2)cc(-c2cc3ccccc3c3ccccc23)c1. The summed E-state index contributed by atoms with van der Waals surface area (Å²) in [4.78, 5) is 16.0. The van der Waals surface area contributed by atoms with Crippen molar-refractivity contribution in [3.63, 3.8) is 0 Å². The lowest BCUT2D eigenvalue weighted by Gasteiger charge is -2.17. The van der Waals surface area contributed by atoms with Crippen LogP contribution in [0, 0.1) is 0 Å². The Bertz CT molecular complexity index is 3390. The van der Waals surface area contributed by atoms with Crippen molar-refractivity contribution in [3.8, 4) is 73.0 Å². The van der Waals surface area contributed by atoms with Crippen molar-refractivity contribution >= 4 is 32.6 Å². The number of benzene rings is 9. The van der Waals surface area contributed by atoms with Gasteiger partial charge in [-0.15, -0.1) is 0 Å². The molecule has 0 amide bonds. The van der Waals surface area contributed by atoms with Crippen LogP contribution in [0.3, 0.4) is 0 Å². The van der Waals surface area contributed by atoms with Gasteiger partial charge in [0.1, 0.15) is 5.82 Å². The minimum atomic E-state index is 0.653. The van der Waals surface area contributed by atoms with Crippen LogP contribution in [-0.4, -0.2) is 19.5 Å². The highest BCUT2D eigenvalue weighted by Gasteiger charge is 2.19. The molecule has 0 saturated heterocycles. The maximum Gasteiger partial charge on any atom is 0.160 e. The third kappa shape index (κ3) is 6.74. The van der Waals surface area contributed by atoms with E-state index in [4.69, 9.17) is 15.0 Å². The van der Waals surface area contributed by atoms with Gasteiger partial charge in [0.2, 0.25) is 0 Å². The van der Waals surface area contributed by atoms with E-state index >= 15 is 0 Å². The zero-order valence-electron chi connectivity index (χ0n) is 33.7. The van der Waals surface area contributed by atoms with Gasteiger partial charge in [0.05, 0.1) is 22.4 Å². The molecule has 2 heterocycles. The van der Waals surface area contributed by atoms with Gasteiger partial charge in [-0.25, -0.2) is 15.0 Å². The Hall–Kier alpha value is -7.95. The average molecular weight is 781 g/mol. The first-order valence-electron chi connectivity index (χ1n) is 20.9. The molecule has 0 fully saturated rings. The van der Waals surface area contributed by atoms with Crippen LogP contribution in [0.5, 0.6) is 0 Å². The fraction of sp³-hybridized carbons (Fsp3) is 0.0351. The topological polar surface area (TPSA) is 43.6 Å². The van der Waals surface area contributed by atoms with Crippen LogP contribution >= 0.6 is 0 Å². The lowest BCUT2D eigenvalue weighted by atomic mass is 9.92. The summed E-state index contributed by atoms with van der Waals surface area (Å²) in [6.07, 6.45) is 0.778. The Morgan fingerprint density at radius 2 is 0.934 bits per heavy atom. The van der Waals surface area contributed by atoms with Crippen LogP contribution in [0.1, 0.15) is 12.7 Å². The zero-order valence-corrected chi connectivity index (χ0v) is 33.7. The number of imidazole rings is 1. The Labute approximate surface area is 355 Å². The van der Waals surface area contributed by atoms with E-state index in [-0.39, 0.29) is 0 Å². The molecule has 61 heavy (non-hydrogen) atoms. The molecule has 0 atom stereocenters. The van der Waals surface area contributed by atoms with E-state index in [1.807, 2.05) is 0 Å². The molecule has 9 aromatic carbocycles. The lowest BCUT2D eigenvalue weighted by Crippen LogP contribution is -2.02. The maximum atomic E-state index is 5.44. The highest BCUT2D eigenvalue weighted by molar-refractivity contribution is 6.14. The predicted octanol–water partition coefficient (Wildman–Crippen LogP) is 14.7. The second kappa shape index (κ2) is 15.3. The summed E-state index contributed by atoms with van der Waals surface area (Å²) in [5.74, 6) is 1.65. The summed E-state index contributed by atoms with van der Waals surface area (Å²) < 4.78 is 2.31. The van der Waals surface area contributed by atoms with E-state index in [1.54, 1.807) is 0 Å². The van der Waals surface area contributed by atoms with Crippen LogP contribution < -0.4 is 0 Å². The van der Waals surface area contributed by atoms with Crippen molar-refractivity contribution in [1.29, 1.82) is 0 Å². The maximum absolute atomic E-state index is 5.44. The van der Waals surface area contributed by atoms with Crippen LogP contribution in [0.2, 0.25) is 0 Å². The van der Waals surface area contributed by atoms with Gasteiger partial charge in [0.25, 0.3) is 0 Å². The molecule has 0 bridgehead atoms. The number of aryl methyl sites for hydroxylation is 1. The summed E-state index contributed by atoms with van der Waals surface area (Å²) >= 11 is 0. The first-order chi connectivity index (χ1) is 30.2. The van der Waals surface area contributed by atoms with Gasteiger partial charge >= 0.3 is 0 Å². The summed E-state index contributed by atoms with van der Waals surface area (Å²) in [5, 5.41) is 4.86. The van der Waals surface area contributed by atoms with Gasteiger partial charge < -0.3 is 0 Å². The fourth-order valence-electron chi connectivity index (χ4n) is 8.74. The molecule has 288 valence electrons. The van der Waals surface area contributed by atoms with Crippen LogP contribution in [0.4, 0.5) is 0 Å². The molecule has 11 aromatic rings. The minimum Gasteiger partial charge on any atom is -0.296 e. The largest absolute Gasteiger partial charge is 0.296 e. The number of para-hydroxylation sites is 2. The molecule has 2 aromatic heterocycles. The smallest absolute Gasteiger partial charge is 0.160 e. The zero-order chi connectivity index (χ0) is 40.7. The lowest BCUT2D eigenvalue weighted by molar-refractivity contribution is 0.908. The van der Waals surface area contributed by atoms with E-state index in [1.165, 1.54) is 27.1 Å². The van der Waals surface area contributed by atoms with E-state index in [0.29, 0.717) is 5.82 Å². The van der Waals surface area contributed by atoms with E-state index in [9.17, 15) is 0 Å². The van der Waals surface area contributed by atoms with Crippen molar-refractivity contribution < 1.29 is 0 Å². The Morgan fingerprint density at radius 1 is 0.377 bits per heavy atom. The molecule has 0 aliphatic heterocycles.